The predicted molar refractivity (Wildman–Crippen MR) is 112 cm³/mol. The molecule has 0 saturated carbocycles. The second kappa shape index (κ2) is 7.59. The first kappa shape index (κ1) is 19.0. The number of rotatable bonds is 5. The third-order valence-corrected chi connectivity index (χ3v) is 5.91. The van der Waals surface area contributed by atoms with Crippen LogP contribution in [-0.2, 0) is 24.3 Å². The van der Waals surface area contributed by atoms with E-state index in [0.29, 0.717) is 22.1 Å². The van der Waals surface area contributed by atoms with Crippen LogP contribution in [0.5, 0.6) is 5.88 Å². The highest BCUT2D eigenvalue weighted by molar-refractivity contribution is 7.18. The molecule has 8 nitrogen and oxygen atoms in total. The van der Waals surface area contributed by atoms with Crippen molar-refractivity contribution in [1.29, 1.82) is 0 Å². The summed E-state index contributed by atoms with van der Waals surface area (Å²) in [6, 6.07) is 9.18. The number of carbonyl (C=O) groups is 1. The van der Waals surface area contributed by atoms with Gasteiger partial charge < -0.3 is 9.67 Å². The lowest BCUT2D eigenvalue weighted by Crippen LogP contribution is -2.23. The Labute approximate surface area is 169 Å². The number of nitrogens with zero attached hydrogens (tertiary/aromatic N) is 5. The first-order valence-electron chi connectivity index (χ1n) is 9.26. The van der Waals surface area contributed by atoms with Gasteiger partial charge in [-0.1, -0.05) is 25.1 Å². The number of hydrogen-bond acceptors (Lipinski definition) is 6. The number of aromatic nitrogens is 3. The number of carbonyl (C=O) groups excluding carboxylic acids is 1. The van der Waals surface area contributed by atoms with Crippen molar-refractivity contribution in [2.45, 2.75) is 33.4 Å². The molecule has 0 radical (unpaired) electrons. The Morgan fingerprint density at radius 2 is 2.03 bits per heavy atom. The van der Waals surface area contributed by atoms with Crippen LogP contribution < -0.4 is 5.56 Å². The number of aromatic hydroxyl groups is 1. The normalized spacial score (nSPS) is 11.8. The molecule has 0 fully saturated rings. The zero-order valence-corrected chi connectivity index (χ0v) is 16.8. The fourth-order valence-corrected chi connectivity index (χ4v) is 4.20. The number of fused-ring (bicyclic) bond motifs is 2. The molecule has 3 aromatic heterocycles. The predicted octanol–water partition coefficient (Wildman–Crippen LogP) is 4.01. The van der Waals surface area contributed by atoms with Crippen molar-refractivity contribution < 1.29 is 9.90 Å². The van der Waals surface area contributed by atoms with Crippen LogP contribution in [0.1, 0.15) is 18.7 Å². The van der Waals surface area contributed by atoms with Gasteiger partial charge in [-0.15, -0.1) is 21.6 Å². The van der Waals surface area contributed by atoms with Gasteiger partial charge in [-0.2, -0.15) is 0 Å². The number of benzene rings is 1. The summed E-state index contributed by atoms with van der Waals surface area (Å²) in [5.41, 5.74) is 0.769. The van der Waals surface area contributed by atoms with Gasteiger partial charge in [0.05, 0.1) is 17.2 Å². The van der Waals surface area contributed by atoms with Crippen molar-refractivity contribution >= 4 is 44.1 Å². The van der Waals surface area contributed by atoms with Crippen LogP contribution in [0.15, 0.2) is 51.7 Å². The molecule has 0 aliphatic heterocycles. The van der Waals surface area contributed by atoms with Gasteiger partial charge >= 0.3 is 0 Å². The SMILES string of the molecule is CCc1cc2c(=O)n(CC(=O)N=Nc3c(O)n(CC)c4ccccc34)cnc2s1. The minimum Gasteiger partial charge on any atom is -0.493 e. The summed E-state index contributed by atoms with van der Waals surface area (Å²) in [5, 5.41) is 19.3. The fourth-order valence-electron chi connectivity index (χ4n) is 3.27. The number of thiophene rings is 1. The molecule has 0 bridgehead atoms. The van der Waals surface area contributed by atoms with E-state index in [1.165, 1.54) is 22.2 Å². The highest BCUT2D eigenvalue weighted by Gasteiger charge is 2.16. The smallest absolute Gasteiger partial charge is 0.284 e. The van der Waals surface area contributed by atoms with E-state index in [1.807, 2.05) is 44.2 Å². The second-order valence-electron chi connectivity index (χ2n) is 6.49. The van der Waals surface area contributed by atoms with Gasteiger partial charge in [0.25, 0.3) is 11.5 Å². The zero-order chi connectivity index (χ0) is 20.5. The molecule has 148 valence electrons. The summed E-state index contributed by atoms with van der Waals surface area (Å²) in [6.45, 7) is 4.20. The summed E-state index contributed by atoms with van der Waals surface area (Å²) in [5.74, 6) is -0.650. The molecular formula is C20H19N5O3S. The fraction of sp³-hybridized carbons (Fsp3) is 0.250. The lowest BCUT2D eigenvalue weighted by Gasteiger charge is -2.01. The quantitative estimate of drug-likeness (QED) is 0.503. The molecule has 0 unspecified atom stereocenters. The van der Waals surface area contributed by atoms with E-state index in [-0.39, 0.29) is 23.7 Å². The minimum atomic E-state index is -0.605. The van der Waals surface area contributed by atoms with Gasteiger partial charge in [-0.05, 0) is 25.5 Å². The molecule has 29 heavy (non-hydrogen) atoms. The average Bonchev–Trinajstić information content (AvgIpc) is 3.27. The molecule has 1 N–H and O–H groups in total. The number of hydrogen-bond donors (Lipinski definition) is 1. The topological polar surface area (TPSA) is 102 Å². The van der Waals surface area contributed by atoms with Crippen LogP contribution in [0.4, 0.5) is 5.69 Å². The number of azo groups is 1. The number of amides is 1. The highest BCUT2D eigenvalue weighted by atomic mass is 32.1. The molecule has 0 saturated heterocycles. The summed E-state index contributed by atoms with van der Waals surface area (Å²) in [4.78, 5) is 30.9. The van der Waals surface area contributed by atoms with Crippen LogP contribution in [0.2, 0.25) is 0 Å². The first-order chi connectivity index (χ1) is 14.0. The van der Waals surface area contributed by atoms with E-state index in [4.69, 9.17) is 0 Å². The summed E-state index contributed by atoms with van der Waals surface area (Å²) in [6.07, 6.45) is 2.18. The summed E-state index contributed by atoms with van der Waals surface area (Å²) < 4.78 is 2.92. The van der Waals surface area contributed by atoms with Crippen LogP contribution >= 0.6 is 11.3 Å². The van der Waals surface area contributed by atoms with Gasteiger partial charge in [0.15, 0.2) is 5.69 Å². The third kappa shape index (κ3) is 3.33. The van der Waals surface area contributed by atoms with Crippen LogP contribution in [0, 0.1) is 0 Å². The summed E-state index contributed by atoms with van der Waals surface area (Å²) in [7, 11) is 0. The molecule has 1 amide bonds. The molecule has 4 aromatic rings. The van der Waals surface area contributed by atoms with E-state index in [9.17, 15) is 14.7 Å². The maximum Gasteiger partial charge on any atom is 0.284 e. The Balaban J connectivity index is 1.63. The lowest BCUT2D eigenvalue weighted by molar-refractivity contribution is -0.118. The molecule has 0 aliphatic carbocycles. The number of aryl methyl sites for hydroxylation is 2. The molecule has 0 spiro atoms. The van der Waals surface area contributed by atoms with Crippen LogP contribution in [0.25, 0.3) is 21.1 Å². The van der Waals surface area contributed by atoms with Crippen molar-refractivity contribution in [3.63, 3.8) is 0 Å². The van der Waals surface area contributed by atoms with Gasteiger partial charge in [0, 0.05) is 16.8 Å². The maximum absolute atomic E-state index is 12.6. The maximum atomic E-state index is 12.6. The van der Waals surface area contributed by atoms with Crippen molar-refractivity contribution in [2.75, 3.05) is 0 Å². The molecule has 1 aromatic carbocycles. The van der Waals surface area contributed by atoms with Crippen LogP contribution in [-0.4, -0.2) is 25.1 Å². The van der Waals surface area contributed by atoms with Crippen molar-refractivity contribution in [1.82, 2.24) is 14.1 Å². The third-order valence-electron chi connectivity index (χ3n) is 4.72. The zero-order valence-electron chi connectivity index (χ0n) is 16.0. The lowest BCUT2D eigenvalue weighted by atomic mass is 10.2. The standard InChI is InChI=1S/C20H19N5O3S/c1-3-12-9-14-18(29-12)21-11-24(19(14)27)10-16(26)22-23-17-13-7-5-6-8-15(13)25(4-2)20(17)28/h5-9,11,28H,3-4,10H2,1-2H3. The van der Waals surface area contributed by atoms with E-state index >= 15 is 0 Å². The molecule has 4 rings (SSSR count). The average molecular weight is 409 g/mol. The van der Waals surface area contributed by atoms with Gasteiger partial charge in [-0.3, -0.25) is 14.2 Å². The molecule has 0 atom stereocenters. The van der Waals surface area contributed by atoms with Crippen molar-refractivity contribution in [3.05, 3.63) is 51.9 Å². The van der Waals surface area contributed by atoms with E-state index < -0.39 is 5.91 Å². The van der Waals surface area contributed by atoms with E-state index in [2.05, 4.69) is 15.2 Å². The van der Waals surface area contributed by atoms with Gasteiger partial charge in [-0.25, -0.2) is 4.98 Å². The Hall–Kier alpha value is -3.33. The molecule has 0 aliphatic rings. The Bertz CT molecular complexity index is 1320. The molecule has 9 heteroatoms. The van der Waals surface area contributed by atoms with Crippen LogP contribution in [0.3, 0.4) is 0 Å². The monoisotopic (exact) mass is 409 g/mol. The first-order valence-corrected chi connectivity index (χ1v) is 10.1. The molecule has 3 heterocycles. The summed E-state index contributed by atoms with van der Waals surface area (Å²) >= 11 is 1.47. The van der Waals surface area contributed by atoms with Gasteiger partial charge in [0.1, 0.15) is 11.4 Å². The minimum absolute atomic E-state index is 0.0455. The van der Waals surface area contributed by atoms with Crippen molar-refractivity contribution in [3.8, 4) is 5.88 Å². The second-order valence-corrected chi connectivity index (χ2v) is 7.61. The number of para-hydroxylation sites is 1. The Morgan fingerprint density at radius 3 is 2.79 bits per heavy atom. The Morgan fingerprint density at radius 1 is 1.24 bits per heavy atom. The van der Waals surface area contributed by atoms with Gasteiger partial charge in [0.2, 0.25) is 5.88 Å². The molecular weight excluding hydrogens is 390 g/mol. The van der Waals surface area contributed by atoms with E-state index in [1.54, 1.807) is 4.57 Å². The highest BCUT2D eigenvalue weighted by Crippen LogP contribution is 2.38. The Kier molecular flexibility index (Phi) is 4.98. The largest absolute Gasteiger partial charge is 0.493 e. The van der Waals surface area contributed by atoms with Crippen molar-refractivity contribution in [2.24, 2.45) is 10.2 Å². The van der Waals surface area contributed by atoms with E-state index in [0.717, 1.165) is 16.8 Å².